The summed E-state index contributed by atoms with van der Waals surface area (Å²) in [6, 6.07) is 19.5. The molecule has 1 heterocycles. The fourth-order valence-corrected chi connectivity index (χ4v) is 3.85. The van der Waals surface area contributed by atoms with Crippen LogP contribution in [0, 0.1) is 11.8 Å². The van der Waals surface area contributed by atoms with Gasteiger partial charge in [-0.2, -0.15) is 0 Å². The van der Waals surface area contributed by atoms with E-state index in [0.717, 1.165) is 44.5 Å². The zero-order valence-corrected chi connectivity index (χ0v) is 16.0. The number of likely N-dealkylation sites (tertiary alicyclic amines) is 1. The molecule has 2 fully saturated rings. The van der Waals surface area contributed by atoms with Crippen molar-refractivity contribution in [1.29, 1.82) is 0 Å². The number of nitrogens with two attached hydrogens (primary N) is 1. The lowest BCUT2D eigenvalue weighted by Gasteiger charge is -2.17. The number of rotatable bonds is 7. The van der Waals surface area contributed by atoms with Crippen molar-refractivity contribution in [3.8, 4) is 5.75 Å². The molecule has 4 heteroatoms. The lowest BCUT2D eigenvalue weighted by atomic mass is 9.89. The van der Waals surface area contributed by atoms with Crippen LogP contribution in [0.25, 0.3) is 0 Å². The van der Waals surface area contributed by atoms with Gasteiger partial charge in [-0.3, -0.25) is 4.90 Å². The fraction of sp³-hybridized carbons (Fsp3) is 0.455. The van der Waals surface area contributed by atoms with Gasteiger partial charge < -0.3 is 10.5 Å². The largest absolute Gasteiger partial charge is 0.493 e. The Morgan fingerprint density at radius 1 is 0.962 bits per heavy atom. The van der Waals surface area contributed by atoms with Gasteiger partial charge in [0.1, 0.15) is 5.75 Å². The number of nitrogens with zero attached hydrogens (tertiary/aromatic N) is 1. The second-order valence-electron chi connectivity index (χ2n) is 7.61. The van der Waals surface area contributed by atoms with Crippen LogP contribution < -0.4 is 10.5 Å². The highest BCUT2D eigenvalue weighted by atomic mass is 35.5. The van der Waals surface area contributed by atoms with Crippen LogP contribution >= 0.6 is 12.4 Å². The second kappa shape index (κ2) is 8.90. The third-order valence-corrected chi connectivity index (χ3v) is 5.56. The molecule has 2 aliphatic rings. The minimum Gasteiger partial charge on any atom is -0.493 e. The monoisotopic (exact) mass is 372 g/mol. The summed E-state index contributed by atoms with van der Waals surface area (Å²) < 4.78 is 5.83. The van der Waals surface area contributed by atoms with Gasteiger partial charge in [-0.25, -0.2) is 0 Å². The molecule has 0 bridgehead atoms. The SMILES string of the molecule is Cl.NC[C@@H]1CN(Cc2ccc(OCC3CC3)cc2)C[C@H]1c1ccccc1. The number of hydrogen-bond acceptors (Lipinski definition) is 3. The normalized spacial score (nSPS) is 22.8. The van der Waals surface area contributed by atoms with E-state index in [1.807, 2.05) is 0 Å². The molecule has 2 aromatic rings. The standard InChI is InChI=1S/C22H28N2O.ClH/c23-12-20-14-24(15-22(20)19-4-2-1-3-5-19)13-17-8-10-21(11-9-17)25-16-18-6-7-18;/h1-5,8-11,18,20,22H,6-7,12-16,23H2;1H/t20-,22+;/m1./s1. The third kappa shape index (κ3) is 4.79. The molecule has 140 valence electrons. The molecule has 1 aliphatic carbocycles. The predicted molar refractivity (Wildman–Crippen MR) is 109 cm³/mol. The van der Waals surface area contributed by atoms with Crippen LogP contribution in [0.3, 0.4) is 0 Å². The van der Waals surface area contributed by atoms with E-state index in [-0.39, 0.29) is 12.4 Å². The maximum atomic E-state index is 6.06. The van der Waals surface area contributed by atoms with Gasteiger partial charge in [-0.1, -0.05) is 42.5 Å². The predicted octanol–water partition coefficient (Wildman–Crippen LogP) is 4.07. The minimum absolute atomic E-state index is 0. The number of halogens is 1. The van der Waals surface area contributed by atoms with Crippen LogP contribution in [0.2, 0.25) is 0 Å². The summed E-state index contributed by atoms with van der Waals surface area (Å²) >= 11 is 0. The average Bonchev–Trinajstić information content (AvgIpc) is 3.40. The first-order valence-corrected chi connectivity index (χ1v) is 9.51. The molecule has 3 nitrogen and oxygen atoms in total. The molecule has 1 saturated carbocycles. The molecule has 26 heavy (non-hydrogen) atoms. The van der Waals surface area contributed by atoms with E-state index in [1.54, 1.807) is 0 Å². The Hall–Kier alpha value is -1.55. The van der Waals surface area contributed by atoms with E-state index in [4.69, 9.17) is 10.5 Å². The molecule has 2 aromatic carbocycles. The van der Waals surface area contributed by atoms with Crippen molar-refractivity contribution in [3.05, 3.63) is 65.7 Å². The molecule has 2 atom stereocenters. The van der Waals surface area contributed by atoms with Crippen LogP contribution in [0.15, 0.2) is 54.6 Å². The first-order chi connectivity index (χ1) is 12.3. The Labute approximate surface area is 162 Å². The molecule has 1 aliphatic heterocycles. The van der Waals surface area contributed by atoms with Crippen LogP contribution in [0.1, 0.15) is 29.9 Å². The fourth-order valence-electron chi connectivity index (χ4n) is 3.85. The Kier molecular flexibility index (Phi) is 6.58. The molecule has 1 saturated heterocycles. The van der Waals surface area contributed by atoms with Gasteiger partial charge in [0.2, 0.25) is 0 Å². The van der Waals surface area contributed by atoms with Crippen molar-refractivity contribution in [1.82, 2.24) is 4.90 Å². The van der Waals surface area contributed by atoms with Crippen molar-refractivity contribution >= 4 is 12.4 Å². The number of hydrogen-bond donors (Lipinski definition) is 1. The van der Waals surface area contributed by atoms with Crippen molar-refractivity contribution in [2.24, 2.45) is 17.6 Å². The van der Waals surface area contributed by atoms with Crippen LogP contribution in [-0.2, 0) is 6.54 Å². The van der Waals surface area contributed by atoms with E-state index >= 15 is 0 Å². The summed E-state index contributed by atoms with van der Waals surface area (Å²) in [5.41, 5.74) is 8.83. The highest BCUT2D eigenvalue weighted by Crippen LogP contribution is 2.33. The van der Waals surface area contributed by atoms with Gasteiger partial charge in [0.05, 0.1) is 6.61 Å². The Morgan fingerprint density at radius 3 is 2.35 bits per heavy atom. The van der Waals surface area contributed by atoms with Gasteiger partial charge in [-0.05, 0) is 54.5 Å². The lowest BCUT2D eigenvalue weighted by Crippen LogP contribution is -2.23. The summed E-state index contributed by atoms with van der Waals surface area (Å²) in [5, 5.41) is 0. The lowest BCUT2D eigenvalue weighted by molar-refractivity contribution is 0.298. The van der Waals surface area contributed by atoms with Gasteiger partial charge in [0.25, 0.3) is 0 Å². The molecular formula is C22H29ClN2O. The summed E-state index contributed by atoms with van der Waals surface area (Å²) in [7, 11) is 0. The zero-order chi connectivity index (χ0) is 17.1. The highest BCUT2D eigenvalue weighted by molar-refractivity contribution is 5.85. The molecule has 4 rings (SSSR count). The Balaban J connectivity index is 0.00000196. The van der Waals surface area contributed by atoms with E-state index < -0.39 is 0 Å². The maximum Gasteiger partial charge on any atom is 0.119 e. The first-order valence-electron chi connectivity index (χ1n) is 9.51. The van der Waals surface area contributed by atoms with Crippen molar-refractivity contribution < 1.29 is 4.74 Å². The molecular weight excluding hydrogens is 344 g/mol. The van der Waals surface area contributed by atoms with E-state index in [9.17, 15) is 0 Å². The Bertz CT molecular complexity index is 672. The van der Waals surface area contributed by atoms with Gasteiger partial charge in [0, 0.05) is 25.6 Å². The van der Waals surface area contributed by atoms with E-state index in [1.165, 1.54) is 24.0 Å². The Morgan fingerprint density at radius 2 is 1.69 bits per heavy atom. The van der Waals surface area contributed by atoms with Crippen LogP contribution in [0.4, 0.5) is 0 Å². The van der Waals surface area contributed by atoms with E-state index in [2.05, 4.69) is 59.5 Å². The van der Waals surface area contributed by atoms with Crippen molar-refractivity contribution in [2.75, 3.05) is 26.2 Å². The minimum atomic E-state index is 0. The molecule has 0 unspecified atom stereocenters. The van der Waals surface area contributed by atoms with Crippen molar-refractivity contribution in [2.45, 2.75) is 25.3 Å². The summed E-state index contributed by atoms with van der Waals surface area (Å²) in [5.74, 6) is 2.89. The third-order valence-electron chi connectivity index (χ3n) is 5.56. The topological polar surface area (TPSA) is 38.5 Å². The number of ether oxygens (including phenoxy) is 1. The van der Waals surface area contributed by atoms with Crippen LogP contribution in [0.5, 0.6) is 5.75 Å². The first kappa shape index (κ1) is 19.2. The summed E-state index contributed by atoms with van der Waals surface area (Å²) in [6.45, 7) is 4.79. The highest BCUT2D eigenvalue weighted by Gasteiger charge is 2.32. The van der Waals surface area contributed by atoms with Gasteiger partial charge in [-0.15, -0.1) is 12.4 Å². The second-order valence-corrected chi connectivity index (χ2v) is 7.61. The molecule has 0 radical (unpaired) electrons. The average molecular weight is 373 g/mol. The molecule has 2 N–H and O–H groups in total. The van der Waals surface area contributed by atoms with Crippen molar-refractivity contribution in [3.63, 3.8) is 0 Å². The molecule has 0 spiro atoms. The summed E-state index contributed by atoms with van der Waals surface area (Å²) in [4.78, 5) is 2.54. The quantitative estimate of drug-likeness (QED) is 0.796. The maximum absolute atomic E-state index is 6.06. The number of benzene rings is 2. The zero-order valence-electron chi connectivity index (χ0n) is 15.2. The van der Waals surface area contributed by atoms with Gasteiger partial charge >= 0.3 is 0 Å². The molecule has 0 amide bonds. The van der Waals surface area contributed by atoms with Crippen LogP contribution in [-0.4, -0.2) is 31.1 Å². The summed E-state index contributed by atoms with van der Waals surface area (Å²) in [6.07, 6.45) is 2.66. The smallest absolute Gasteiger partial charge is 0.119 e. The molecule has 0 aromatic heterocycles. The van der Waals surface area contributed by atoms with Gasteiger partial charge in [0.15, 0.2) is 0 Å². The van der Waals surface area contributed by atoms with E-state index in [0.29, 0.717) is 11.8 Å².